The zero-order valence-electron chi connectivity index (χ0n) is 24.9. The Balaban J connectivity index is 1.83. The molecule has 0 saturated carbocycles. The van der Waals surface area contributed by atoms with Crippen LogP contribution >= 0.6 is 15.9 Å². The number of pyridine rings is 1. The normalized spacial score (nSPS) is 10.3. The Morgan fingerprint density at radius 1 is 0.867 bits per heavy atom. The third-order valence-corrected chi connectivity index (χ3v) is 7.20. The smallest absolute Gasteiger partial charge is 0.315 e. The van der Waals surface area contributed by atoms with E-state index < -0.39 is 17.9 Å². The summed E-state index contributed by atoms with van der Waals surface area (Å²) < 4.78 is 17.4. The Hall–Kier alpha value is -4.93. The van der Waals surface area contributed by atoms with E-state index in [-0.39, 0.29) is 55.3 Å². The molecule has 232 valence electrons. The average molecular weight is 674 g/mol. The van der Waals surface area contributed by atoms with Gasteiger partial charge in [0.25, 0.3) is 0 Å². The first kappa shape index (κ1) is 34.6. The number of rotatable bonds is 15. The first-order valence-electron chi connectivity index (χ1n) is 14.2. The fraction of sp³-hybridized carbons (Fsp3) is 0.286. The molecule has 10 heteroatoms. The fourth-order valence-electron chi connectivity index (χ4n) is 4.25. The van der Waals surface area contributed by atoms with Gasteiger partial charge in [-0.1, -0.05) is 28.1 Å². The van der Waals surface area contributed by atoms with Crippen molar-refractivity contribution < 1.29 is 33.4 Å². The quantitative estimate of drug-likeness (QED) is 0.0698. The van der Waals surface area contributed by atoms with Crippen molar-refractivity contribution in [3.8, 4) is 30.4 Å². The van der Waals surface area contributed by atoms with Crippen molar-refractivity contribution in [2.75, 3.05) is 5.73 Å². The van der Waals surface area contributed by atoms with E-state index >= 15 is 0 Å². The lowest BCUT2D eigenvalue weighted by Crippen LogP contribution is -2.18. The van der Waals surface area contributed by atoms with E-state index in [4.69, 9.17) is 32.8 Å². The molecular weight excluding hydrogens is 640 g/mol. The number of benzene rings is 2. The Kier molecular flexibility index (Phi) is 13.4. The number of hydrogen-bond acceptors (Lipinski definition) is 9. The molecule has 0 spiro atoms. The number of anilines is 1. The van der Waals surface area contributed by atoms with Gasteiger partial charge in [0.05, 0.1) is 12.1 Å². The van der Waals surface area contributed by atoms with Crippen molar-refractivity contribution in [1.29, 1.82) is 0 Å². The first-order chi connectivity index (χ1) is 21.6. The highest BCUT2D eigenvalue weighted by Gasteiger charge is 2.22. The van der Waals surface area contributed by atoms with Gasteiger partial charge < -0.3 is 19.9 Å². The molecule has 3 aromatic rings. The number of terminal acetylenes is 2. The fourth-order valence-corrected chi connectivity index (χ4v) is 4.51. The van der Waals surface area contributed by atoms with Gasteiger partial charge in [0, 0.05) is 64.3 Å². The Bertz CT molecular complexity index is 1640. The van der Waals surface area contributed by atoms with E-state index in [9.17, 15) is 19.2 Å². The second-order valence-electron chi connectivity index (χ2n) is 9.98. The lowest BCUT2D eigenvalue weighted by molar-refractivity contribution is -0.146. The van der Waals surface area contributed by atoms with Crippen LogP contribution in [0.15, 0.2) is 53.1 Å². The van der Waals surface area contributed by atoms with Gasteiger partial charge in [-0.2, -0.15) is 0 Å². The number of ether oxygens (including phenoxy) is 3. The van der Waals surface area contributed by atoms with Crippen LogP contribution < -0.4 is 10.5 Å². The average Bonchev–Trinajstić information content (AvgIpc) is 3.02. The van der Waals surface area contributed by atoms with Crippen LogP contribution in [0.25, 0.3) is 0 Å². The van der Waals surface area contributed by atoms with Crippen LogP contribution in [0.3, 0.4) is 0 Å². The van der Waals surface area contributed by atoms with Crippen molar-refractivity contribution in [2.45, 2.75) is 65.1 Å². The summed E-state index contributed by atoms with van der Waals surface area (Å²) in [6.07, 6.45) is 13.8. The number of aromatic nitrogens is 1. The molecule has 0 radical (unpaired) electrons. The zero-order valence-corrected chi connectivity index (χ0v) is 26.5. The van der Waals surface area contributed by atoms with Crippen LogP contribution in [0, 0.1) is 31.6 Å². The largest absolute Gasteiger partial charge is 0.461 e. The molecule has 2 N–H and O–H groups in total. The summed E-state index contributed by atoms with van der Waals surface area (Å²) in [4.78, 5) is 55.2. The standard InChI is InChI=1S/C35H33BrN2O7/c1-4-6-8-13-30(39)43-21-26-20-38-23(3)35(29(26)22-44-31(40)14-9-7-5-2)45-32(41)19-25-11-10-12-28(33(25)37)34(42)24-15-17-27(36)18-16-24/h1-2,10-12,15-18,20H,6-9,13-14,19,21-22,37H2,3H3. The highest BCUT2D eigenvalue weighted by Crippen LogP contribution is 2.29. The predicted molar refractivity (Wildman–Crippen MR) is 172 cm³/mol. The lowest BCUT2D eigenvalue weighted by atomic mass is 9.98. The molecule has 45 heavy (non-hydrogen) atoms. The molecule has 0 aliphatic heterocycles. The lowest BCUT2D eigenvalue weighted by Gasteiger charge is -2.17. The van der Waals surface area contributed by atoms with E-state index in [1.54, 1.807) is 49.4 Å². The molecule has 1 aromatic heterocycles. The molecule has 0 unspecified atom stereocenters. The predicted octanol–water partition coefficient (Wildman–Crippen LogP) is 5.81. The number of para-hydroxylation sites is 1. The summed E-state index contributed by atoms with van der Waals surface area (Å²) in [5.41, 5.74) is 8.65. The second kappa shape index (κ2) is 17.4. The molecule has 1 heterocycles. The Labute approximate surface area is 271 Å². The summed E-state index contributed by atoms with van der Waals surface area (Å²) in [5.74, 6) is 3.08. The first-order valence-corrected chi connectivity index (χ1v) is 15.0. The van der Waals surface area contributed by atoms with Gasteiger partial charge in [-0.05, 0) is 55.7 Å². The van der Waals surface area contributed by atoms with Gasteiger partial charge in [-0.25, -0.2) is 0 Å². The van der Waals surface area contributed by atoms with Crippen LogP contribution in [0.2, 0.25) is 0 Å². The highest BCUT2D eigenvalue weighted by atomic mass is 79.9. The number of hydrogen-bond donors (Lipinski definition) is 1. The maximum absolute atomic E-state index is 13.2. The van der Waals surface area contributed by atoms with Crippen LogP contribution in [-0.4, -0.2) is 28.7 Å². The maximum atomic E-state index is 13.2. The van der Waals surface area contributed by atoms with E-state index in [1.165, 1.54) is 6.20 Å². The van der Waals surface area contributed by atoms with Crippen molar-refractivity contribution in [1.82, 2.24) is 4.98 Å². The van der Waals surface area contributed by atoms with E-state index in [1.807, 2.05) is 0 Å². The molecular formula is C35H33BrN2O7. The van der Waals surface area contributed by atoms with E-state index in [2.05, 4.69) is 32.8 Å². The minimum absolute atomic E-state index is 0.0676. The number of halogens is 1. The number of unbranched alkanes of at least 4 members (excludes halogenated alkanes) is 2. The van der Waals surface area contributed by atoms with Crippen molar-refractivity contribution in [2.24, 2.45) is 0 Å². The molecule has 9 nitrogen and oxygen atoms in total. The maximum Gasteiger partial charge on any atom is 0.315 e. The van der Waals surface area contributed by atoms with Crippen molar-refractivity contribution in [3.63, 3.8) is 0 Å². The van der Waals surface area contributed by atoms with Gasteiger partial charge in [0.15, 0.2) is 11.5 Å². The molecule has 3 rings (SSSR count). The highest BCUT2D eigenvalue weighted by molar-refractivity contribution is 9.10. The minimum Gasteiger partial charge on any atom is -0.461 e. The summed E-state index contributed by atoms with van der Waals surface area (Å²) >= 11 is 3.35. The number of nitrogens with two attached hydrogens (primary N) is 1. The van der Waals surface area contributed by atoms with Crippen LogP contribution in [-0.2, 0) is 43.5 Å². The molecule has 2 aromatic carbocycles. The van der Waals surface area contributed by atoms with E-state index in [0.29, 0.717) is 53.6 Å². The summed E-state index contributed by atoms with van der Waals surface area (Å²) in [6, 6.07) is 11.7. The second-order valence-corrected chi connectivity index (χ2v) is 10.9. The third-order valence-electron chi connectivity index (χ3n) is 6.67. The number of carbonyl (C=O) groups is 4. The van der Waals surface area contributed by atoms with Gasteiger partial charge >= 0.3 is 17.9 Å². The molecule has 0 atom stereocenters. The number of nitrogens with zero attached hydrogens (tertiary/aromatic N) is 1. The third kappa shape index (κ3) is 10.3. The number of aryl methyl sites for hydroxylation is 1. The monoisotopic (exact) mass is 672 g/mol. The summed E-state index contributed by atoms with van der Waals surface area (Å²) in [6.45, 7) is 1.18. The van der Waals surface area contributed by atoms with Crippen molar-refractivity contribution >= 4 is 45.3 Å². The Morgan fingerprint density at radius 2 is 1.49 bits per heavy atom. The molecule has 0 amide bonds. The van der Waals surface area contributed by atoms with Crippen LogP contribution in [0.5, 0.6) is 5.75 Å². The van der Waals surface area contributed by atoms with Gasteiger partial charge in [-0.3, -0.25) is 24.2 Å². The van der Waals surface area contributed by atoms with Crippen molar-refractivity contribution in [3.05, 3.63) is 86.6 Å². The van der Waals surface area contributed by atoms with Gasteiger partial charge in [-0.15, -0.1) is 24.7 Å². The number of esters is 3. The molecule has 0 aliphatic rings. The van der Waals surface area contributed by atoms with Crippen LogP contribution in [0.1, 0.15) is 76.8 Å². The number of carbonyl (C=O) groups excluding carboxylic acids is 4. The SMILES string of the molecule is C#CCCCC(=O)OCc1cnc(C)c(OC(=O)Cc2cccc(C(=O)c3ccc(Br)cc3)c2N)c1COC(=O)CCCC#C. The van der Waals surface area contributed by atoms with E-state index in [0.717, 1.165) is 4.47 Å². The number of ketones is 1. The Morgan fingerprint density at radius 3 is 2.11 bits per heavy atom. The molecule has 0 bridgehead atoms. The summed E-state index contributed by atoms with van der Waals surface area (Å²) in [7, 11) is 0. The molecule has 0 saturated heterocycles. The van der Waals surface area contributed by atoms with Crippen LogP contribution in [0.4, 0.5) is 5.69 Å². The molecule has 0 fully saturated rings. The number of nitrogen functional groups attached to an aromatic ring is 1. The molecule has 0 aliphatic carbocycles. The summed E-state index contributed by atoms with van der Waals surface area (Å²) in [5, 5.41) is 0. The topological polar surface area (TPSA) is 135 Å². The van der Waals surface area contributed by atoms with Gasteiger partial charge in [0.1, 0.15) is 13.2 Å². The minimum atomic E-state index is -0.690. The zero-order chi connectivity index (χ0) is 32.8. The van der Waals surface area contributed by atoms with Gasteiger partial charge in [0.2, 0.25) is 0 Å².